The number of likely N-dealkylation sites (tertiary alicyclic amines) is 1. The van der Waals surface area contributed by atoms with Gasteiger partial charge in [0.15, 0.2) is 0 Å². The average molecular weight is 180 g/mol. The van der Waals surface area contributed by atoms with Gasteiger partial charge in [-0.2, -0.15) is 0 Å². The molecule has 3 heteroatoms. The van der Waals surface area contributed by atoms with Gasteiger partial charge in [0.05, 0.1) is 19.1 Å². The Bertz CT molecular complexity index is 246. The predicted octanol–water partition coefficient (Wildman–Crippen LogP) is 1.16. The van der Waals surface area contributed by atoms with Crippen LogP contribution < -0.4 is 0 Å². The van der Waals surface area contributed by atoms with Crippen LogP contribution in [0.2, 0.25) is 0 Å². The summed E-state index contributed by atoms with van der Waals surface area (Å²) in [6.07, 6.45) is 1.25. The van der Waals surface area contributed by atoms with Crippen molar-refractivity contribution in [2.24, 2.45) is 0 Å². The SMILES string of the molecule is [C-]#[N+]C12CO[C@@H](CN(C(C)C)C1)C2. The summed E-state index contributed by atoms with van der Waals surface area (Å²) >= 11 is 0. The minimum Gasteiger partial charge on any atom is -0.368 e. The zero-order valence-corrected chi connectivity index (χ0v) is 8.29. The molecule has 0 saturated carbocycles. The van der Waals surface area contributed by atoms with Gasteiger partial charge in [-0.25, -0.2) is 6.57 Å². The Balaban J connectivity index is 2.14. The van der Waals surface area contributed by atoms with Crippen LogP contribution in [0.25, 0.3) is 4.85 Å². The van der Waals surface area contributed by atoms with Crippen molar-refractivity contribution in [3.8, 4) is 0 Å². The molecule has 2 aliphatic rings. The maximum absolute atomic E-state index is 7.22. The second kappa shape index (κ2) is 2.97. The van der Waals surface area contributed by atoms with E-state index in [1.165, 1.54) is 0 Å². The maximum Gasteiger partial charge on any atom is 0.270 e. The third kappa shape index (κ3) is 1.45. The highest BCUT2D eigenvalue weighted by Crippen LogP contribution is 2.34. The lowest BCUT2D eigenvalue weighted by molar-refractivity contribution is 0.0727. The standard InChI is InChI=1S/C10H16N2O/c1-8(2)12-5-9-4-10(6-12,11-3)7-13-9/h8-9H,4-7H2,1-2H3/t9-,10?/m1/s1. The minimum absolute atomic E-state index is 0.215. The zero-order valence-electron chi connectivity index (χ0n) is 8.29. The lowest BCUT2D eigenvalue weighted by Crippen LogP contribution is -2.50. The first-order valence-electron chi connectivity index (χ1n) is 4.89. The molecule has 0 spiro atoms. The monoisotopic (exact) mass is 180 g/mol. The summed E-state index contributed by atoms with van der Waals surface area (Å²) in [5.41, 5.74) is -0.215. The van der Waals surface area contributed by atoms with Crippen molar-refractivity contribution >= 4 is 0 Å². The van der Waals surface area contributed by atoms with Crippen LogP contribution in [-0.2, 0) is 4.74 Å². The van der Waals surface area contributed by atoms with Crippen LogP contribution in [0.3, 0.4) is 0 Å². The van der Waals surface area contributed by atoms with Gasteiger partial charge < -0.3 is 9.58 Å². The van der Waals surface area contributed by atoms with Gasteiger partial charge in [-0.05, 0) is 13.8 Å². The maximum atomic E-state index is 7.22. The molecule has 0 aromatic carbocycles. The smallest absolute Gasteiger partial charge is 0.270 e. The molecule has 2 atom stereocenters. The molecule has 2 heterocycles. The van der Waals surface area contributed by atoms with Crippen LogP contribution >= 0.6 is 0 Å². The fourth-order valence-electron chi connectivity index (χ4n) is 2.25. The molecule has 13 heavy (non-hydrogen) atoms. The van der Waals surface area contributed by atoms with Crippen molar-refractivity contribution in [1.29, 1.82) is 0 Å². The normalized spacial score (nSPS) is 39.4. The van der Waals surface area contributed by atoms with Crippen molar-refractivity contribution in [2.75, 3.05) is 19.7 Å². The Hall–Kier alpha value is -0.590. The molecule has 0 aromatic heterocycles. The first kappa shape index (κ1) is 8.98. The highest BCUT2D eigenvalue weighted by molar-refractivity contribution is 5.10. The van der Waals surface area contributed by atoms with Crippen molar-refractivity contribution in [3.05, 3.63) is 11.4 Å². The molecule has 0 radical (unpaired) electrons. The van der Waals surface area contributed by atoms with E-state index < -0.39 is 0 Å². The van der Waals surface area contributed by atoms with E-state index in [1.54, 1.807) is 0 Å². The molecule has 0 aromatic rings. The van der Waals surface area contributed by atoms with Crippen molar-refractivity contribution in [1.82, 2.24) is 4.90 Å². The van der Waals surface area contributed by atoms with Crippen molar-refractivity contribution in [3.63, 3.8) is 0 Å². The Labute approximate surface area is 79.5 Å². The fraction of sp³-hybridized carbons (Fsp3) is 0.900. The molecule has 1 unspecified atom stereocenters. The average Bonchev–Trinajstić information content (AvgIpc) is 2.42. The molecule has 2 rings (SSSR count). The summed E-state index contributed by atoms with van der Waals surface area (Å²) in [4.78, 5) is 6.12. The van der Waals surface area contributed by atoms with Gasteiger partial charge >= 0.3 is 0 Å². The van der Waals surface area contributed by atoms with Crippen LogP contribution in [0, 0.1) is 6.57 Å². The van der Waals surface area contributed by atoms with Crippen LogP contribution in [0.1, 0.15) is 20.3 Å². The summed E-state index contributed by atoms with van der Waals surface area (Å²) in [7, 11) is 0. The largest absolute Gasteiger partial charge is 0.368 e. The lowest BCUT2D eigenvalue weighted by Gasteiger charge is -2.34. The van der Waals surface area contributed by atoms with Gasteiger partial charge in [-0.1, -0.05) is 0 Å². The number of piperidine rings is 1. The van der Waals surface area contributed by atoms with Gasteiger partial charge in [0.25, 0.3) is 5.54 Å². The molecule has 0 amide bonds. The Morgan fingerprint density at radius 2 is 2.38 bits per heavy atom. The van der Waals surface area contributed by atoms with E-state index in [1.807, 2.05) is 0 Å². The van der Waals surface area contributed by atoms with Gasteiger partial charge in [0.2, 0.25) is 0 Å². The number of hydrogen-bond donors (Lipinski definition) is 0. The fourth-order valence-corrected chi connectivity index (χ4v) is 2.25. The van der Waals surface area contributed by atoms with Crippen LogP contribution in [-0.4, -0.2) is 42.3 Å². The second-order valence-corrected chi connectivity index (χ2v) is 4.50. The van der Waals surface area contributed by atoms with E-state index >= 15 is 0 Å². The molecule has 0 N–H and O–H groups in total. The molecule has 2 fully saturated rings. The van der Waals surface area contributed by atoms with Gasteiger partial charge in [0, 0.05) is 12.6 Å². The third-order valence-electron chi connectivity index (χ3n) is 3.10. The molecule has 2 aliphatic heterocycles. The summed E-state index contributed by atoms with van der Waals surface area (Å²) in [5.74, 6) is 0. The van der Waals surface area contributed by atoms with E-state index in [2.05, 4.69) is 23.6 Å². The van der Waals surface area contributed by atoms with Crippen LogP contribution in [0.4, 0.5) is 0 Å². The second-order valence-electron chi connectivity index (χ2n) is 4.50. The van der Waals surface area contributed by atoms with Crippen molar-refractivity contribution in [2.45, 2.75) is 38.0 Å². The Kier molecular flexibility index (Phi) is 2.05. The first-order chi connectivity index (χ1) is 6.15. The van der Waals surface area contributed by atoms with Crippen molar-refractivity contribution < 1.29 is 4.74 Å². The molecule has 2 bridgehead atoms. The van der Waals surface area contributed by atoms with E-state index in [-0.39, 0.29) is 5.54 Å². The topological polar surface area (TPSA) is 16.8 Å². The van der Waals surface area contributed by atoms with E-state index in [4.69, 9.17) is 11.3 Å². The minimum atomic E-state index is -0.215. The molecular weight excluding hydrogens is 164 g/mol. The highest BCUT2D eigenvalue weighted by atomic mass is 16.5. The summed E-state index contributed by atoms with van der Waals surface area (Å²) in [5, 5.41) is 0. The number of ether oxygens (including phenoxy) is 1. The number of fused-ring (bicyclic) bond motifs is 2. The molecule has 0 aliphatic carbocycles. The molecule has 3 nitrogen and oxygen atoms in total. The first-order valence-corrected chi connectivity index (χ1v) is 4.89. The number of hydrogen-bond acceptors (Lipinski definition) is 2. The van der Waals surface area contributed by atoms with Gasteiger partial charge in [-0.15, -0.1) is 0 Å². The molecular formula is C10H16N2O. The van der Waals surface area contributed by atoms with Gasteiger partial charge in [-0.3, -0.25) is 4.90 Å². The third-order valence-corrected chi connectivity index (χ3v) is 3.10. The Morgan fingerprint density at radius 1 is 1.62 bits per heavy atom. The highest BCUT2D eigenvalue weighted by Gasteiger charge is 2.52. The van der Waals surface area contributed by atoms with E-state index in [0.29, 0.717) is 18.8 Å². The zero-order chi connectivity index (χ0) is 9.47. The van der Waals surface area contributed by atoms with Gasteiger partial charge in [0.1, 0.15) is 6.61 Å². The number of nitrogens with zero attached hydrogens (tertiary/aromatic N) is 2. The predicted molar refractivity (Wildman–Crippen MR) is 50.4 cm³/mol. The lowest BCUT2D eigenvalue weighted by atomic mass is 9.91. The van der Waals surface area contributed by atoms with E-state index in [0.717, 1.165) is 19.5 Å². The molecule has 2 saturated heterocycles. The number of rotatable bonds is 1. The summed E-state index contributed by atoms with van der Waals surface area (Å²) < 4.78 is 5.60. The Morgan fingerprint density at radius 3 is 3.00 bits per heavy atom. The molecule has 72 valence electrons. The summed E-state index contributed by atoms with van der Waals surface area (Å²) in [6.45, 7) is 14.1. The van der Waals surface area contributed by atoms with Crippen LogP contribution in [0.5, 0.6) is 0 Å². The van der Waals surface area contributed by atoms with E-state index in [9.17, 15) is 0 Å². The summed E-state index contributed by atoms with van der Waals surface area (Å²) in [6, 6.07) is 0.533. The van der Waals surface area contributed by atoms with Crippen LogP contribution in [0.15, 0.2) is 0 Å². The quantitative estimate of drug-likeness (QED) is 0.563.